The summed E-state index contributed by atoms with van der Waals surface area (Å²) >= 11 is 0.719. The molecule has 14 nitrogen and oxygen atoms in total. The van der Waals surface area contributed by atoms with Gasteiger partial charge in [0.05, 0.1) is 44.0 Å². The SMILES string of the molecule is CC(/C=C/C=C1/N(CCS(=O)(=O)[O-])c2ccc(S(=O)(=O)[O-])cc2C1(C)C)=C\C=C\C1=[N+](CCS(=O)(=O)[O-])c2ccc(SOO[O-])cc2C1(C)C.[Na+].[Na+].[Na+]. The van der Waals surface area contributed by atoms with Crippen molar-refractivity contribution in [3.8, 4) is 0 Å². The summed E-state index contributed by atoms with van der Waals surface area (Å²) in [6.07, 6.45) is 10.6. The number of hydrogen-bond acceptors (Lipinski definition) is 14. The Morgan fingerprint density at radius 3 is 2.09 bits per heavy atom. The molecule has 0 aromatic heterocycles. The van der Waals surface area contributed by atoms with E-state index in [1.807, 2.05) is 20.8 Å². The maximum Gasteiger partial charge on any atom is 1.00 e. The summed E-state index contributed by atoms with van der Waals surface area (Å²) < 4.78 is 110. The van der Waals surface area contributed by atoms with Crippen LogP contribution in [-0.4, -0.2) is 73.8 Å². The number of benzene rings is 2. The molecule has 0 saturated carbocycles. The molecule has 0 radical (unpaired) electrons. The van der Waals surface area contributed by atoms with Gasteiger partial charge in [-0.15, -0.1) is 0 Å². The molecule has 0 N–H and O–H groups in total. The zero-order valence-electron chi connectivity index (χ0n) is 30.7. The van der Waals surface area contributed by atoms with Gasteiger partial charge >= 0.3 is 88.7 Å². The molecule has 0 bridgehead atoms. The van der Waals surface area contributed by atoms with E-state index in [9.17, 15) is 44.2 Å². The van der Waals surface area contributed by atoms with Crippen molar-refractivity contribution in [3.05, 3.63) is 95.3 Å². The van der Waals surface area contributed by atoms with Crippen molar-refractivity contribution in [2.45, 2.75) is 55.2 Å². The van der Waals surface area contributed by atoms with Crippen LogP contribution in [-0.2, 0) is 50.6 Å². The van der Waals surface area contributed by atoms with E-state index in [2.05, 4.69) is 9.37 Å². The first-order valence-electron chi connectivity index (χ1n) is 15.0. The molecular formula is C32H35N2Na3O12S4. The molecular weight excluding hydrogens is 802 g/mol. The van der Waals surface area contributed by atoms with Gasteiger partial charge in [-0.3, -0.25) is 5.04 Å². The van der Waals surface area contributed by atoms with E-state index in [4.69, 9.17) is 0 Å². The molecule has 0 atom stereocenters. The molecule has 2 aliphatic rings. The Hall–Kier alpha value is -0.170. The normalized spacial score (nSPS) is 17.5. The van der Waals surface area contributed by atoms with Crippen LogP contribution in [0.15, 0.2) is 93.9 Å². The minimum atomic E-state index is -4.76. The summed E-state index contributed by atoms with van der Waals surface area (Å²) in [5.74, 6) is -1.32. The van der Waals surface area contributed by atoms with Crippen LogP contribution in [0.25, 0.3) is 0 Å². The minimum Gasteiger partial charge on any atom is -0.748 e. The van der Waals surface area contributed by atoms with Crippen molar-refractivity contribution in [1.82, 2.24) is 0 Å². The van der Waals surface area contributed by atoms with E-state index in [1.54, 1.807) is 78.0 Å². The minimum absolute atomic E-state index is 0. The number of nitrogens with zero attached hydrogens (tertiary/aromatic N) is 2. The fourth-order valence-corrected chi connectivity index (χ4v) is 7.80. The van der Waals surface area contributed by atoms with Gasteiger partial charge in [-0.2, -0.15) is 8.91 Å². The first-order valence-corrected chi connectivity index (χ1v) is 20.3. The molecule has 0 aliphatic carbocycles. The summed E-state index contributed by atoms with van der Waals surface area (Å²) in [5.41, 5.74) is 3.00. The quantitative estimate of drug-likeness (QED) is 0.0329. The van der Waals surface area contributed by atoms with Crippen LogP contribution in [0.5, 0.6) is 0 Å². The second kappa shape index (κ2) is 20.0. The number of anilines is 1. The van der Waals surface area contributed by atoms with E-state index < -0.39 is 57.6 Å². The third kappa shape index (κ3) is 12.9. The fourth-order valence-electron chi connectivity index (χ4n) is 6.10. The van der Waals surface area contributed by atoms with Gasteiger partial charge in [0.2, 0.25) is 5.69 Å². The van der Waals surface area contributed by atoms with Crippen molar-refractivity contribution < 1.29 is 147 Å². The van der Waals surface area contributed by atoms with E-state index in [0.717, 1.165) is 29.2 Å². The molecule has 0 unspecified atom stereocenters. The maximum atomic E-state index is 11.7. The van der Waals surface area contributed by atoms with Gasteiger partial charge in [0.15, 0.2) is 12.3 Å². The number of allylic oxidation sites excluding steroid dienone is 8. The van der Waals surface area contributed by atoms with Gasteiger partial charge in [-0.25, -0.2) is 25.3 Å². The predicted octanol–water partition coefficient (Wildman–Crippen LogP) is -5.96. The molecule has 0 saturated heterocycles. The zero-order chi connectivity index (χ0) is 37.3. The first kappa shape index (κ1) is 50.8. The Morgan fingerprint density at radius 1 is 0.868 bits per heavy atom. The molecule has 0 amide bonds. The molecule has 2 aromatic rings. The Bertz CT molecular complexity index is 2170. The van der Waals surface area contributed by atoms with Crippen molar-refractivity contribution in [3.63, 3.8) is 0 Å². The van der Waals surface area contributed by atoms with Gasteiger partial charge in [0.1, 0.15) is 20.2 Å². The second-order valence-corrected chi connectivity index (χ2v) is 17.9. The third-order valence-electron chi connectivity index (χ3n) is 8.53. The number of rotatable bonds is 14. The summed E-state index contributed by atoms with van der Waals surface area (Å²) in [6.45, 7) is 8.99. The van der Waals surface area contributed by atoms with Gasteiger partial charge < -0.3 is 23.8 Å². The first-order chi connectivity index (χ1) is 23.1. The Kier molecular flexibility index (Phi) is 19.2. The summed E-state index contributed by atoms with van der Waals surface area (Å²) in [6, 6.07) is 9.03. The standard InChI is InChI=1S/C32H38N2O12S4.3Na/c1-22(8-6-10-29-31(2,3)25-20-23(47-46-45-35)12-14-27(25)33(29)16-18-48(36,37)38)9-7-11-30-32(4,5)26-21-24(50(42,43)44)13-15-28(26)34(30)17-19-49(39,40)41;;;/h6-15,20-21H,16-19H2,1-5H3,(H3-,35,36,37,38,39,40,41,42,43,44);;;/q;3*+1/p-3. The topological polar surface area (TPSA) is 219 Å². The van der Waals surface area contributed by atoms with E-state index >= 15 is 0 Å². The van der Waals surface area contributed by atoms with Crippen LogP contribution in [0.3, 0.4) is 0 Å². The van der Waals surface area contributed by atoms with Crippen molar-refractivity contribution in [2.24, 2.45) is 0 Å². The summed E-state index contributed by atoms with van der Waals surface area (Å²) in [4.78, 5) is 1.76. The summed E-state index contributed by atoms with van der Waals surface area (Å²) in [7, 11) is -13.9. The molecule has 2 heterocycles. The largest absolute Gasteiger partial charge is 1.00 e. The van der Waals surface area contributed by atoms with Gasteiger partial charge in [-0.05, 0) is 62.7 Å². The molecule has 2 aliphatic heterocycles. The van der Waals surface area contributed by atoms with Gasteiger partial charge in [0.25, 0.3) is 0 Å². The van der Waals surface area contributed by atoms with Gasteiger partial charge in [0, 0.05) is 45.9 Å². The van der Waals surface area contributed by atoms with Crippen molar-refractivity contribution in [1.29, 1.82) is 0 Å². The number of hydrogen-bond donors (Lipinski definition) is 0. The van der Waals surface area contributed by atoms with E-state index in [-0.39, 0.29) is 102 Å². The Morgan fingerprint density at radius 2 is 1.51 bits per heavy atom. The second-order valence-electron chi connectivity index (χ2n) is 12.7. The third-order valence-corrected chi connectivity index (χ3v) is 11.3. The molecule has 0 spiro atoms. The average Bonchev–Trinajstić information content (AvgIpc) is 3.34. The van der Waals surface area contributed by atoms with Gasteiger partial charge in [-0.1, -0.05) is 43.7 Å². The molecule has 4 rings (SSSR count). The molecule has 272 valence electrons. The van der Waals surface area contributed by atoms with Crippen LogP contribution in [0.4, 0.5) is 11.4 Å². The maximum absolute atomic E-state index is 11.7. The Balaban J connectivity index is 0.00000468. The average molecular weight is 837 g/mol. The fraction of sp³-hybridized carbons (Fsp3) is 0.344. The van der Waals surface area contributed by atoms with Crippen LogP contribution in [0.1, 0.15) is 45.7 Å². The molecule has 0 fully saturated rings. The van der Waals surface area contributed by atoms with E-state index in [1.165, 1.54) is 12.1 Å². The van der Waals surface area contributed by atoms with E-state index in [0.29, 0.717) is 33.2 Å². The van der Waals surface area contributed by atoms with Crippen LogP contribution < -0.4 is 98.8 Å². The summed E-state index contributed by atoms with van der Waals surface area (Å²) in [5, 5.41) is 13.8. The monoisotopic (exact) mass is 836 g/mol. The van der Waals surface area contributed by atoms with Crippen molar-refractivity contribution >= 4 is 59.5 Å². The number of fused-ring (bicyclic) bond motifs is 2. The van der Waals surface area contributed by atoms with Crippen molar-refractivity contribution in [2.75, 3.05) is 29.5 Å². The van der Waals surface area contributed by atoms with Crippen LogP contribution in [0, 0.1) is 0 Å². The smallest absolute Gasteiger partial charge is 0.748 e. The molecule has 53 heavy (non-hydrogen) atoms. The predicted molar refractivity (Wildman–Crippen MR) is 181 cm³/mol. The van der Waals surface area contributed by atoms with Crippen LogP contribution in [0.2, 0.25) is 0 Å². The molecule has 21 heteroatoms. The zero-order valence-corrected chi connectivity index (χ0v) is 39.9. The Labute approximate surface area is 381 Å². The van der Waals surface area contributed by atoms with Crippen LogP contribution >= 0.6 is 12.0 Å². The molecule has 2 aromatic carbocycles.